The highest BCUT2D eigenvalue weighted by molar-refractivity contribution is 5.28. The molecule has 0 radical (unpaired) electrons. The van der Waals surface area contributed by atoms with Gasteiger partial charge in [-0.3, -0.25) is 0 Å². The number of benzene rings is 1. The number of aliphatic hydroxyl groups is 1. The predicted molar refractivity (Wildman–Crippen MR) is 107 cm³/mol. The van der Waals surface area contributed by atoms with Gasteiger partial charge in [-0.2, -0.15) is 0 Å². The van der Waals surface area contributed by atoms with E-state index in [4.69, 9.17) is 4.74 Å². The third kappa shape index (κ3) is 6.57. The van der Waals surface area contributed by atoms with E-state index in [9.17, 15) is 5.11 Å². The second-order valence-corrected chi connectivity index (χ2v) is 8.48. The van der Waals surface area contributed by atoms with Gasteiger partial charge in [0.25, 0.3) is 0 Å². The van der Waals surface area contributed by atoms with Crippen LogP contribution in [-0.4, -0.2) is 60.8 Å². The number of nitrogens with zero attached hydrogens (tertiary/aromatic N) is 2. The van der Waals surface area contributed by atoms with Gasteiger partial charge in [0.1, 0.15) is 18.5 Å². The summed E-state index contributed by atoms with van der Waals surface area (Å²) in [4.78, 5) is 4.71. The Balaban J connectivity index is 1.40. The van der Waals surface area contributed by atoms with Crippen LogP contribution < -0.4 is 4.74 Å². The lowest BCUT2D eigenvalue weighted by atomic mass is 9.94. The smallest absolute Gasteiger partial charge is 0.119 e. The number of ether oxygens (including phenoxy) is 1. The van der Waals surface area contributed by atoms with Crippen LogP contribution in [0.5, 0.6) is 5.75 Å². The zero-order valence-electron chi connectivity index (χ0n) is 16.6. The lowest BCUT2D eigenvalue weighted by molar-refractivity contribution is 0.0561. The van der Waals surface area contributed by atoms with Crippen molar-refractivity contribution < 1.29 is 9.84 Å². The molecule has 2 aliphatic carbocycles. The molecule has 0 aliphatic heterocycles. The van der Waals surface area contributed by atoms with Gasteiger partial charge in [0, 0.05) is 25.7 Å². The maximum atomic E-state index is 10.4. The van der Waals surface area contributed by atoms with Crippen molar-refractivity contribution in [3.63, 3.8) is 0 Å². The molecule has 0 spiro atoms. The average molecular weight is 361 g/mol. The number of hydrogen-bond donors (Lipinski definition) is 1. The Morgan fingerprint density at radius 2 is 1.88 bits per heavy atom. The highest BCUT2D eigenvalue weighted by Gasteiger charge is 2.23. The zero-order valence-corrected chi connectivity index (χ0v) is 16.6. The Kier molecular flexibility index (Phi) is 7.35. The summed E-state index contributed by atoms with van der Waals surface area (Å²) in [6.45, 7) is 3.20. The van der Waals surface area contributed by atoms with Crippen molar-refractivity contribution >= 4 is 0 Å². The average Bonchev–Trinajstić information content (AvgIpc) is 3.45. The van der Waals surface area contributed by atoms with Crippen molar-refractivity contribution in [2.75, 3.05) is 33.8 Å². The first-order chi connectivity index (χ1) is 12.6. The van der Waals surface area contributed by atoms with Crippen molar-refractivity contribution in [1.29, 1.82) is 0 Å². The fourth-order valence-electron chi connectivity index (χ4n) is 4.10. The minimum absolute atomic E-state index is 0.360. The summed E-state index contributed by atoms with van der Waals surface area (Å²) in [5.41, 5.74) is 1.28. The zero-order chi connectivity index (χ0) is 18.4. The third-order valence-corrected chi connectivity index (χ3v) is 5.76. The minimum atomic E-state index is -0.442. The molecule has 3 rings (SSSR count). The fraction of sp³-hybridized carbons (Fsp3) is 0.727. The molecule has 0 saturated heterocycles. The van der Waals surface area contributed by atoms with Gasteiger partial charge in [0.15, 0.2) is 0 Å². The van der Waals surface area contributed by atoms with Crippen LogP contribution in [0.4, 0.5) is 0 Å². The standard InChI is InChI=1S/C22H36N2O2/c1-23(14-18-11-12-18)15-19-7-6-10-22(13-19)26-17-21(25)16-24(2)20-8-4-3-5-9-20/h6-7,10,13,18,20-21,25H,3-5,8-9,11-12,14-17H2,1-2H3/t21-/m1/s1. The Hall–Kier alpha value is -1.10. The van der Waals surface area contributed by atoms with Gasteiger partial charge in [-0.05, 0) is 63.4 Å². The van der Waals surface area contributed by atoms with Crippen LogP contribution in [0.15, 0.2) is 24.3 Å². The lowest BCUT2D eigenvalue weighted by Crippen LogP contribution is -2.40. The quantitative estimate of drug-likeness (QED) is 0.692. The van der Waals surface area contributed by atoms with Gasteiger partial charge in [0.05, 0.1) is 0 Å². The van der Waals surface area contributed by atoms with E-state index in [0.717, 1.165) is 18.2 Å². The molecule has 146 valence electrons. The van der Waals surface area contributed by atoms with Gasteiger partial charge < -0.3 is 19.6 Å². The first-order valence-corrected chi connectivity index (χ1v) is 10.4. The van der Waals surface area contributed by atoms with Crippen LogP contribution in [0, 0.1) is 5.92 Å². The molecular weight excluding hydrogens is 324 g/mol. The van der Waals surface area contributed by atoms with Gasteiger partial charge in [-0.1, -0.05) is 31.4 Å². The maximum absolute atomic E-state index is 10.4. The Morgan fingerprint density at radius 1 is 1.12 bits per heavy atom. The van der Waals surface area contributed by atoms with Crippen LogP contribution in [0.3, 0.4) is 0 Å². The first kappa shape index (κ1) is 19.7. The molecule has 1 aromatic carbocycles. The van der Waals surface area contributed by atoms with E-state index in [-0.39, 0.29) is 0 Å². The van der Waals surface area contributed by atoms with E-state index in [0.29, 0.717) is 19.2 Å². The van der Waals surface area contributed by atoms with Gasteiger partial charge >= 0.3 is 0 Å². The molecule has 2 fully saturated rings. The van der Waals surface area contributed by atoms with Crippen LogP contribution in [0.25, 0.3) is 0 Å². The van der Waals surface area contributed by atoms with E-state index in [2.05, 4.69) is 42.1 Å². The molecule has 1 atom stereocenters. The van der Waals surface area contributed by atoms with Gasteiger partial charge in [-0.15, -0.1) is 0 Å². The number of rotatable bonds is 10. The molecule has 0 unspecified atom stereocenters. The molecule has 0 heterocycles. The van der Waals surface area contributed by atoms with E-state index in [1.165, 1.54) is 57.1 Å². The van der Waals surface area contributed by atoms with Gasteiger partial charge in [-0.25, -0.2) is 0 Å². The summed E-state index contributed by atoms with van der Waals surface area (Å²) < 4.78 is 5.88. The monoisotopic (exact) mass is 360 g/mol. The highest BCUT2D eigenvalue weighted by atomic mass is 16.5. The molecule has 2 aliphatic rings. The largest absolute Gasteiger partial charge is 0.491 e. The molecule has 4 heteroatoms. The van der Waals surface area contributed by atoms with Crippen molar-refractivity contribution in [3.05, 3.63) is 29.8 Å². The molecular formula is C22H36N2O2. The third-order valence-electron chi connectivity index (χ3n) is 5.76. The van der Waals surface area contributed by atoms with Crippen molar-refractivity contribution in [2.45, 2.75) is 63.6 Å². The number of aliphatic hydroxyl groups excluding tert-OH is 1. The van der Waals surface area contributed by atoms with Crippen LogP contribution in [0.1, 0.15) is 50.5 Å². The van der Waals surface area contributed by atoms with Gasteiger partial charge in [0.2, 0.25) is 0 Å². The molecule has 0 aromatic heterocycles. The summed E-state index contributed by atoms with van der Waals surface area (Å²) in [7, 11) is 4.33. The maximum Gasteiger partial charge on any atom is 0.119 e. The van der Waals surface area contributed by atoms with Crippen molar-refractivity contribution in [2.24, 2.45) is 5.92 Å². The highest BCUT2D eigenvalue weighted by Crippen LogP contribution is 2.29. The number of hydrogen-bond acceptors (Lipinski definition) is 4. The molecule has 1 N–H and O–H groups in total. The van der Waals surface area contributed by atoms with E-state index < -0.39 is 6.10 Å². The normalized spacial score (nSPS) is 19.9. The summed E-state index contributed by atoms with van der Waals surface area (Å²) in [6, 6.07) is 8.94. The predicted octanol–water partition coefficient (Wildman–Crippen LogP) is 3.53. The summed E-state index contributed by atoms with van der Waals surface area (Å²) in [6.07, 6.45) is 8.88. The van der Waals surface area contributed by atoms with Crippen LogP contribution in [-0.2, 0) is 6.54 Å². The van der Waals surface area contributed by atoms with Crippen molar-refractivity contribution in [1.82, 2.24) is 9.80 Å². The van der Waals surface area contributed by atoms with Crippen LogP contribution >= 0.6 is 0 Å². The summed E-state index contributed by atoms with van der Waals surface area (Å²) >= 11 is 0. The van der Waals surface area contributed by atoms with Crippen molar-refractivity contribution in [3.8, 4) is 5.75 Å². The second-order valence-electron chi connectivity index (χ2n) is 8.48. The van der Waals surface area contributed by atoms with E-state index in [1.54, 1.807) is 0 Å². The first-order valence-electron chi connectivity index (χ1n) is 10.4. The second kappa shape index (κ2) is 9.72. The SMILES string of the molecule is CN(Cc1cccc(OC[C@H](O)CN(C)C2CCCCC2)c1)CC1CC1. The molecule has 1 aromatic rings. The molecule has 0 amide bonds. The van der Waals surface area contributed by atoms with E-state index >= 15 is 0 Å². The topological polar surface area (TPSA) is 35.9 Å². The Bertz CT molecular complexity index is 541. The molecule has 0 bridgehead atoms. The lowest BCUT2D eigenvalue weighted by Gasteiger charge is -2.32. The number of likely N-dealkylation sites (N-methyl/N-ethyl adjacent to an activating group) is 1. The minimum Gasteiger partial charge on any atom is -0.491 e. The Labute approximate surface area is 159 Å². The van der Waals surface area contributed by atoms with Crippen LogP contribution in [0.2, 0.25) is 0 Å². The molecule has 26 heavy (non-hydrogen) atoms. The van der Waals surface area contributed by atoms with E-state index in [1.807, 2.05) is 6.07 Å². The molecule has 4 nitrogen and oxygen atoms in total. The fourth-order valence-corrected chi connectivity index (χ4v) is 4.10. The Morgan fingerprint density at radius 3 is 2.62 bits per heavy atom. The molecule has 2 saturated carbocycles. The summed E-state index contributed by atoms with van der Waals surface area (Å²) in [5, 5.41) is 10.4. The summed E-state index contributed by atoms with van der Waals surface area (Å²) in [5.74, 6) is 1.78.